The minimum absolute atomic E-state index is 0.0140. The first-order valence-electron chi connectivity index (χ1n) is 6.94. The molecular weight excluding hydrogens is 260 g/mol. The summed E-state index contributed by atoms with van der Waals surface area (Å²) in [6.07, 6.45) is 5.21. The predicted molar refractivity (Wildman–Crippen MR) is 73.6 cm³/mol. The third-order valence-corrected chi connectivity index (χ3v) is 5.93. The van der Waals surface area contributed by atoms with Crippen LogP contribution in [0.1, 0.15) is 26.2 Å². The van der Waals surface area contributed by atoms with Gasteiger partial charge in [-0.3, -0.25) is 4.79 Å². The Hall–Kier alpha value is -0.653. The molecule has 0 heterocycles. The second kappa shape index (κ2) is 6.68. The average molecular weight is 283 g/mol. The van der Waals surface area contributed by atoms with Crippen molar-refractivity contribution in [1.82, 2.24) is 0 Å². The molecule has 0 aromatic heterocycles. The van der Waals surface area contributed by atoms with Gasteiger partial charge in [-0.25, -0.2) is 0 Å². The molecule has 3 atom stereocenters. The summed E-state index contributed by atoms with van der Waals surface area (Å²) in [5.74, 6) is 1.14. The Labute approximate surface area is 117 Å². The molecular formula is C14H23O4Si. The maximum Gasteiger partial charge on any atom is 0.384 e. The molecule has 0 amide bonds. The van der Waals surface area contributed by atoms with Crippen molar-refractivity contribution in [2.24, 2.45) is 17.8 Å². The molecule has 5 heteroatoms. The summed E-state index contributed by atoms with van der Waals surface area (Å²) in [4.78, 5) is 12.0. The number of hydrogen-bond donors (Lipinski definition) is 0. The van der Waals surface area contributed by atoms with E-state index in [4.69, 9.17) is 13.6 Å². The lowest BCUT2D eigenvalue weighted by molar-refractivity contribution is -0.149. The Morgan fingerprint density at radius 1 is 1.37 bits per heavy atom. The minimum Gasteiger partial charge on any atom is -0.465 e. The van der Waals surface area contributed by atoms with Crippen LogP contribution in [-0.2, 0) is 18.4 Å². The van der Waals surface area contributed by atoms with Crippen molar-refractivity contribution in [3.63, 3.8) is 0 Å². The Kier molecular flexibility index (Phi) is 5.18. The molecule has 2 bridgehead atoms. The molecule has 0 aliphatic heterocycles. The SMILES string of the molecule is CO[Si](CCCOC(=O)C1CC2CC1C=C2C)OC. The van der Waals surface area contributed by atoms with Crippen LogP contribution in [0.25, 0.3) is 0 Å². The van der Waals surface area contributed by atoms with Crippen LogP contribution in [0.15, 0.2) is 11.6 Å². The number of carbonyl (C=O) groups excluding carboxylic acids is 1. The summed E-state index contributed by atoms with van der Waals surface area (Å²) in [6.45, 7) is 2.65. The van der Waals surface area contributed by atoms with Crippen molar-refractivity contribution < 1.29 is 18.4 Å². The van der Waals surface area contributed by atoms with Gasteiger partial charge in [0.25, 0.3) is 0 Å². The van der Waals surface area contributed by atoms with Gasteiger partial charge in [0.15, 0.2) is 0 Å². The Bertz CT molecular complexity index is 351. The van der Waals surface area contributed by atoms with E-state index in [2.05, 4.69) is 13.0 Å². The van der Waals surface area contributed by atoms with Crippen LogP contribution < -0.4 is 0 Å². The number of fused-ring (bicyclic) bond motifs is 2. The molecule has 0 saturated heterocycles. The molecule has 2 aliphatic carbocycles. The van der Waals surface area contributed by atoms with Crippen LogP contribution in [0.3, 0.4) is 0 Å². The summed E-state index contributed by atoms with van der Waals surface area (Å²) in [6, 6.07) is 0.848. The van der Waals surface area contributed by atoms with E-state index >= 15 is 0 Å². The fraction of sp³-hybridized carbons (Fsp3) is 0.786. The lowest BCUT2D eigenvalue weighted by Gasteiger charge is -2.18. The summed E-state index contributed by atoms with van der Waals surface area (Å²) in [7, 11) is 2.17. The van der Waals surface area contributed by atoms with Gasteiger partial charge in [-0.2, -0.15) is 0 Å². The van der Waals surface area contributed by atoms with Crippen LogP contribution >= 0.6 is 0 Å². The minimum atomic E-state index is -1.16. The van der Waals surface area contributed by atoms with Gasteiger partial charge in [0, 0.05) is 14.2 Å². The summed E-state index contributed by atoms with van der Waals surface area (Å²) < 4.78 is 15.8. The first-order chi connectivity index (χ1) is 9.15. The van der Waals surface area contributed by atoms with Crippen LogP contribution in [-0.4, -0.2) is 36.1 Å². The van der Waals surface area contributed by atoms with Gasteiger partial charge >= 0.3 is 15.3 Å². The highest BCUT2D eigenvalue weighted by molar-refractivity contribution is 6.44. The lowest BCUT2D eigenvalue weighted by Crippen LogP contribution is -2.24. The van der Waals surface area contributed by atoms with Gasteiger partial charge < -0.3 is 13.6 Å². The molecule has 0 spiro atoms. The fourth-order valence-corrected chi connectivity index (χ4v) is 4.16. The molecule has 0 aromatic carbocycles. The normalized spacial score (nSPS) is 28.8. The van der Waals surface area contributed by atoms with Crippen molar-refractivity contribution in [3.05, 3.63) is 11.6 Å². The molecule has 2 rings (SSSR count). The van der Waals surface area contributed by atoms with E-state index in [1.54, 1.807) is 14.2 Å². The van der Waals surface area contributed by atoms with Crippen LogP contribution in [0.2, 0.25) is 6.04 Å². The average Bonchev–Trinajstić information content (AvgIpc) is 2.97. The molecule has 0 N–H and O–H groups in total. The Morgan fingerprint density at radius 3 is 2.63 bits per heavy atom. The van der Waals surface area contributed by atoms with Gasteiger partial charge in [-0.1, -0.05) is 11.6 Å². The molecule has 0 aromatic rings. The highest BCUT2D eigenvalue weighted by Gasteiger charge is 2.43. The van der Waals surface area contributed by atoms with Gasteiger partial charge in [-0.15, -0.1) is 0 Å². The number of rotatable bonds is 7. The summed E-state index contributed by atoms with van der Waals surface area (Å²) >= 11 is 0. The molecule has 1 saturated carbocycles. The van der Waals surface area contributed by atoms with E-state index in [-0.39, 0.29) is 11.9 Å². The third kappa shape index (κ3) is 3.46. The number of esters is 1. The van der Waals surface area contributed by atoms with E-state index in [0.29, 0.717) is 18.4 Å². The maximum absolute atomic E-state index is 12.0. The highest BCUT2D eigenvalue weighted by atomic mass is 28.3. The van der Waals surface area contributed by atoms with E-state index in [1.807, 2.05) is 0 Å². The van der Waals surface area contributed by atoms with Gasteiger partial charge in [0.2, 0.25) is 0 Å². The highest BCUT2D eigenvalue weighted by Crippen LogP contribution is 2.47. The van der Waals surface area contributed by atoms with E-state index in [9.17, 15) is 4.79 Å². The molecule has 4 nitrogen and oxygen atoms in total. The van der Waals surface area contributed by atoms with Crippen molar-refractivity contribution in [2.45, 2.75) is 32.2 Å². The second-order valence-electron chi connectivity index (χ2n) is 5.40. The monoisotopic (exact) mass is 283 g/mol. The van der Waals surface area contributed by atoms with Crippen LogP contribution in [0.4, 0.5) is 0 Å². The van der Waals surface area contributed by atoms with Crippen molar-refractivity contribution >= 4 is 15.3 Å². The first-order valence-corrected chi connectivity index (χ1v) is 8.46. The number of ether oxygens (including phenoxy) is 1. The van der Waals surface area contributed by atoms with Crippen molar-refractivity contribution in [1.29, 1.82) is 0 Å². The molecule has 19 heavy (non-hydrogen) atoms. The molecule has 1 radical (unpaired) electrons. The van der Waals surface area contributed by atoms with Crippen LogP contribution in [0, 0.1) is 17.8 Å². The smallest absolute Gasteiger partial charge is 0.384 e. The van der Waals surface area contributed by atoms with E-state index < -0.39 is 9.28 Å². The zero-order valence-corrected chi connectivity index (χ0v) is 13.0. The number of allylic oxidation sites excluding steroid dienone is 2. The topological polar surface area (TPSA) is 44.8 Å². The van der Waals surface area contributed by atoms with Gasteiger partial charge in [-0.05, 0) is 44.1 Å². The Morgan fingerprint density at radius 2 is 2.11 bits per heavy atom. The third-order valence-electron chi connectivity index (χ3n) is 4.26. The van der Waals surface area contributed by atoms with Crippen molar-refractivity contribution in [3.8, 4) is 0 Å². The Balaban J connectivity index is 1.66. The molecule has 107 valence electrons. The number of carbonyl (C=O) groups is 1. The molecule has 2 aliphatic rings. The first kappa shape index (κ1) is 14.7. The summed E-state index contributed by atoms with van der Waals surface area (Å²) in [5, 5.41) is 0. The summed E-state index contributed by atoms with van der Waals surface area (Å²) in [5.41, 5.74) is 1.46. The van der Waals surface area contributed by atoms with Gasteiger partial charge in [0.1, 0.15) is 0 Å². The van der Waals surface area contributed by atoms with Gasteiger partial charge in [0.05, 0.1) is 12.5 Å². The van der Waals surface area contributed by atoms with Crippen molar-refractivity contribution in [2.75, 3.05) is 20.8 Å². The quantitative estimate of drug-likeness (QED) is 0.311. The van der Waals surface area contributed by atoms with Crippen LogP contribution in [0.5, 0.6) is 0 Å². The molecule has 3 unspecified atom stereocenters. The predicted octanol–water partition coefficient (Wildman–Crippen LogP) is 2.30. The largest absolute Gasteiger partial charge is 0.465 e. The molecule has 1 fully saturated rings. The zero-order valence-electron chi connectivity index (χ0n) is 12.0. The standard InChI is InChI=1S/C14H23O4Si/c1-10-7-12-8-11(10)9-13(12)14(15)18-5-4-6-19(16-2)17-3/h7,11-13H,4-6,8-9H2,1-3H3. The zero-order chi connectivity index (χ0) is 13.8. The fourth-order valence-electron chi connectivity index (χ4n) is 3.15. The lowest BCUT2D eigenvalue weighted by atomic mass is 9.90. The maximum atomic E-state index is 12.0. The van der Waals surface area contributed by atoms with E-state index in [1.165, 1.54) is 5.57 Å². The van der Waals surface area contributed by atoms with E-state index in [0.717, 1.165) is 25.3 Å². The second-order valence-corrected chi connectivity index (χ2v) is 7.46. The number of hydrogen-bond acceptors (Lipinski definition) is 4.